The lowest BCUT2D eigenvalue weighted by Crippen LogP contribution is -2.49. The second-order valence-electron chi connectivity index (χ2n) is 12.5. The number of nitrogen functional groups attached to an aromatic ring is 1. The van der Waals surface area contributed by atoms with Gasteiger partial charge in [0.25, 0.3) is 5.56 Å². The fourth-order valence-electron chi connectivity index (χ4n) is 3.76. The number of aromatic amines is 1. The van der Waals surface area contributed by atoms with Crippen molar-refractivity contribution < 1.29 is 52.6 Å². The van der Waals surface area contributed by atoms with E-state index in [9.17, 15) is 29.2 Å². The van der Waals surface area contributed by atoms with Crippen LogP contribution in [0.4, 0.5) is 5.95 Å². The standard InChI is InChI=1S/C27H48N7O12P/c1-15(35)20(36)18(43-14-34-13-29-19-21(34)30-25(28)31-22(19)37)12-46-47(40,32-16(23(38)41-8)10-44-26(2,3)4)33-17(24(39)42-9)11-45-27(5,6)7/h13,15-18,20,35-36H,10-12,14H2,1-9H3,(H2,32,33,40)(H3,28,30,31,37)/t15?,16?,17?,18-,20-,47?/m1/s1. The normalized spacial score (nSPS) is 17.0. The lowest BCUT2D eigenvalue weighted by molar-refractivity contribution is -0.146. The Morgan fingerprint density at radius 3 is 1.96 bits per heavy atom. The number of nitrogens with one attached hydrogen (secondary N) is 3. The number of rotatable bonds is 18. The number of nitrogens with zero attached hydrogens (tertiary/aromatic N) is 3. The molecule has 0 saturated heterocycles. The molecule has 20 heteroatoms. The van der Waals surface area contributed by atoms with Crippen molar-refractivity contribution >= 4 is 36.7 Å². The van der Waals surface area contributed by atoms with Crippen LogP contribution in [0.25, 0.3) is 11.2 Å². The second-order valence-corrected chi connectivity index (χ2v) is 14.4. The number of aliphatic hydroxyl groups excluding tert-OH is 2. The summed E-state index contributed by atoms with van der Waals surface area (Å²) in [6.07, 6.45) is -3.08. The van der Waals surface area contributed by atoms with Crippen molar-refractivity contribution in [2.24, 2.45) is 0 Å². The molecule has 0 amide bonds. The van der Waals surface area contributed by atoms with E-state index >= 15 is 0 Å². The zero-order valence-corrected chi connectivity index (χ0v) is 29.0. The molecule has 3 unspecified atom stereocenters. The number of carbonyl (C=O) groups is 2. The quantitative estimate of drug-likeness (QED) is 0.0872. The zero-order chi connectivity index (χ0) is 35.7. The first kappa shape index (κ1) is 40.2. The summed E-state index contributed by atoms with van der Waals surface area (Å²) in [5, 5.41) is 26.1. The second kappa shape index (κ2) is 16.9. The van der Waals surface area contributed by atoms with Crippen molar-refractivity contribution in [1.29, 1.82) is 0 Å². The SMILES string of the molecule is COC(=O)C(COC(C)(C)C)NP(=O)(NC(COC(C)(C)C)C(=O)OC)OC[C@@H](OCn1cnc2c(=O)[nH]c(N)nc21)[C@H](O)C(C)O. The molecule has 2 rings (SSSR count). The van der Waals surface area contributed by atoms with Crippen LogP contribution >= 0.6 is 7.67 Å². The number of carbonyl (C=O) groups excluding carboxylic acids is 2. The molecule has 268 valence electrons. The molecule has 0 saturated carbocycles. The molecule has 7 N–H and O–H groups in total. The van der Waals surface area contributed by atoms with E-state index in [0.29, 0.717) is 0 Å². The highest BCUT2D eigenvalue weighted by atomic mass is 31.2. The number of imidazole rings is 1. The van der Waals surface area contributed by atoms with Crippen LogP contribution in [-0.4, -0.2) is 117 Å². The number of methoxy groups -OCH3 is 2. The number of hydrogen-bond acceptors (Lipinski definition) is 15. The van der Waals surface area contributed by atoms with Gasteiger partial charge in [-0.05, 0) is 48.5 Å². The number of aliphatic hydroxyl groups is 2. The van der Waals surface area contributed by atoms with E-state index in [4.69, 9.17) is 33.9 Å². The fourth-order valence-corrected chi connectivity index (χ4v) is 5.53. The Balaban J connectivity index is 2.44. The van der Waals surface area contributed by atoms with E-state index in [1.807, 2.05) is 0 Å². The molecule has 2 heterocycles. The van der Waals surface area contributed by atoms with E-state index in [0.717, 1.165) is 14.2 Å². The maximum Gasteiger partial charge on any atom is 0.342 e. The van der Waals surface area contributed by atoms with Gasteiger partial charge in [0.1, 0.15) is 31.0 Å². The number of aromatic nitrogens is 4. The van der Waals surface area contributed by atoms with Crippen molar-refractivity contribution in [1.82, 2.24) is 29.7 Å². The summed E-state index contributed by atoms with van der Waals surface area (Å²) in [4.78, 5) is 48.0. The largest absolute Gasteiger partial charge is 0.468 e. The first-order valence-electron chi connectivity index (χ1n) is 14.6. The fraction of sp³-hybridized carbons (Fsp3) is 0.741. The summed E-state index contributed by atoms with van der Waals surface area (Å²) < 4.78 is 48.5. The number of hydrogen-bond donors (Lipinski definition) is 6. The molecule has 0 radical (unpaired) electrons. The van der Waals surface area contributed by atoms with Gasteiger partial charge in [0.05, 0.1) is 57.7 Å². The monoisotopic (exact) mass is 693 g/mol. The summed E-state index contributed by atoms with van der Waals surface area (Å²) in [7, 11) is -2.27. The van der Waals surface area contributed by atoms with E-state index < -0.39 is 73.4 Å². The molecule has 19 nitrogen and oxygen atoms in total. The number of ether oxygens (including phenoxy) is 5. The Kier molecular flexibility index (Phi) is 14.4. The molecule has 0 fully saturated rings. The van der Waals surface area contributed by atoms with Crippen LogP contribution in [0, 0.1) is 0 Å². The van der Waals surface area contributed by atoms with Crippen LogP contribution in [0.15, 0.2) is 11.1 Å². The van der Waals surface area contributed by atoms with Gasteiger partial charge in [0.2, 0.25) is 5.95 Å². The number of nitrogens with two attached hydrogens (primary N) is 1. The van der Waals surface area contributed by atoms with Crippen molar-refractivity contribution in [3.63, 3.8) is 0 Å². The molecular formula is C27H48N7O12P. The molecular weight excluding hydrogens is 645 g/mol. The third-order valence-corrected chi connectivity index (χ3v) is 8.02. The van der Waals surface area contributed by atoms with Crippen LogP contribution in [-0.2, 0) is 49.1 Å². The molecule has 0 aliphatic carbocycles. The molecule has 2 aromatic heterocycles. The van der Waals surface area contributed by atoms with Crippen LogP contribution in [0.2, 0.25) is 0 Å². The van der Waals surface area contributed by atoms with Crippen LogP contribution in [0.3, 0.4) is 0 Å². The first-order chi connectivity index (χ1) is 21.7. The average Bonchev–Trinajstić information content (AvgIpc) is 3.38. The molecule has 5 atom stereocenters. The van der Waals surface area contributed by atoms with Crippen molar-refractivity contribution in [3.8, 4) is 0 Å². The summed E-state index contributed by atoms with van der Waals surface area (Å²) in [5.41, 5.74) is 3.71. The molecule has 0 aliphatic rings. The smallest absolute Gasteiger partial charge is 0.342 e. The van der Waals surface area contributed by atoms with Crippen LogP contribution in [0.5, 0.6) is 0 Å². The summed E-state index contributed by atoms with van der Waals surface area (Å²) in [6, 6.07) is -2.74. The van der Waals surface area contributed by atoms with Gasteiger partial charge < -0.3 is 44.2 Å². The Morgan fingerprint density at radius 2 is 1.51 bits per heavy atom. The number of H-pyrrole nitrogens is 1. The molecule has 0 bridgehead atoms. The van der Waals surface area contributed by atoms with Gasteiger partial charge in [0, 0.05) is 0 Å². The minimum absolute atomic E-state index is 0.0257. The molecule has 47 heavy (non-hydrogen) atoms. The predicted octanol–water partition coefficient (Wildman–Crippen LogP) is -0.196. The summed E-state index contributed by atoms with van der Waals surface area (Å²) in [6.45, 7) is 10.1. The molecule has 0 aliphatic heterocycles. The summed E-state index contributed by atoms with van der Waals surface area (Å²) >= 11 is 0. The van der Waals surface area contributed by atoms with E-state index in [1.165, 1.54) is 17.8 Å². The average molecular weight is 694 g/mol. The highest BCUT2D eigenvalue weighted by Gasteiger charge is 2.39. The molecule has 0 spiro atoms. The Bertz CT molecular complexity index is 1390. The molecule has 0 aromatic carbocycles. The highest BCUT2D eigenvalue weighted by molar-refractivity contribution is 7.54. The van der Waals surface area contributed by atoms with Gasteiger partial charge >= 0.3 is 19.6 Å². The first-order valence-corrected chi connectivity index (χ1v) is 16.2. The lowest BCUT2D eigenvalue weighted by atomic mass is 10.1. The predicted molar refractivity (Wildman–Crippen MR) is 168 cm³/mol. The van der Waals surface area contributed by atoms with Gasteiger partial charge in [-0.15, -0.1) is 0 Å². The third-order valence-electron chi connectivity index (χ3n) is 6.21. The van der Waals surface area contributed by atoms with Crippen LogP contribution < -0.4 is 21.5 Å². The topological polar surface area (TPSA) is 261 Å². The van der Waals surface area contributed by atoms with Gasteiger partial charge in [-0.1, -0.05) is 0 Å². The van der Waals surface area contributed by atoms with Gasteiger partial charge in [-0.3, -0.25) is 28.5 Å². The Labute approximate surface area is 272 Å². The maximum absolute atomic E-state index is 14.5. The van der Waals surface area contributed by atoms with E-state index in [1.54, 1.807) is 41.5 Å². The van der Waals surface area contributed by atoms with E-state index in [2.05, 4.69) is 25.1 Å². The van der Waals surface area contributed by atoms with Crippen LogP contribution in [0.1, 0.15) is 48.5 Å². The van der Waals surface area contributed by atoms with Crippen molar-refractivity contribution in [3.05, 3.63) is 16.7 Å². The maximum atomic E-state index is 14.5. The lowest BCUT2D eigenvalue weighted by Gasteiger charge is -2.32. The number of fused-ring (bicyclic) bond motifs is 1. The number of esters is 2. The van der Waals surface area contributed by atoms with Gasteiger partial charge in [-0.2, -0.15) is 4.98 Å². The highest BCUT2D eigenvalue weighted by Crippen LogP contribution is 2.40. The zero-order valence-electron chi connectivity index (χ0n) is 28.1. The minimum Gasteiger partial charge on any atom is -0.468 e. The Hall–Kier alpha value is -3.00. The number of anilines is 1. The Morgan fingerprint density at radius 1 is 1.00 bits per heavy atom. The van der Waals surface area contributed by atoms with Gasteiger partial charge in [-0.25, -0.2) is 15.2 Å². The van der Waals surface area contributed by atoms with E-state index in [-0.39, 0.29) is 37.1 Å². The van der Waals surface area contributed by atoms with Crippen molar-refractivity contribution in [2.75, 3.05) is 39.8 Å². The van der Waals surface area contributed by atoms with Crippen molar-refractivity contribution in [2.45, 2.75) is 96.8 Å². The summed E-state index contributed by atoms with van der Waals surface area (Å²) in [5.74, 6) is -1.88. The third kappa shape index (κ3) is 12.9. The minimum atomic E-state index is -4.52. The molecule has 2 aromatic rings. The van der Waals surface area contributed by atoms with Gasteiger partial charge in [0.15, 0.2) is 11.2 Å².